The van der Waals surface area contributed by atoms with E-state index >= 15 is 0 Å². The third-order valence-electron chi connectivity index (χ3n) is 3.59. The van der Waals surface area contributed by atoms with Crippen molar-refractivity contribution in [2.24, 2.45) is 4.99 Å². The molecule has 0 radical (unpaired) electrons. The van der Waals surface area contributed by atoms with Gasteiger partial charge in [-0.15, -0.1) is 11.3 Å². The normalized spacial score (nSPS) is 12.4. The molecule has 1 heterocycles. The summed E-state index contributed by atoms with van der Waals surface area (Å²) >= 11 is 1.65. The van der Waals surface area contributed by atoms with E-state index in [9.17, 15) is 9.18 Å². The van der Waals surface area contributed by atoms with Gasteiger partial charge in [0.1, 0.15) is 24.2 Å². The first-order valence-corrected chi connectivity index (χ1v) is 9.49. The average Bonchev–Trinajstić information content (AvgIpc) is 3.16. The first-order valence-electron chi connectivity index (χ1n) is 8.61. The van der Waals surface area contributed by atoms with E-state index in [1.165, 1.54) is 21.9 Å². The molecule has 146 valence electrons. The maximum Gasteiger partial charge on any atom is 0.243 e. The van der Waals surface area contributed by atoms with E-state index in [-0.39, 0.29) is 24.4 Å². The van der Waals surface area contributed by atoms with Gasteiger partial charge in [-0.25, -0.2) is 9.38 Å². The molecule has 1 aromatic carbocycles. The fraction of sp³-hybridized carbons (Fsp3) is 0.368. The van der Waals surface area contributed by atoms with E-state index in [0.717, 1.165) is 0 Å². The van der Waals surface area contributed by atoms with Crippen LogP contribution in [0.2, 0.25) is 0 Å². The molecule has 0 fully saturated rings. The molecule has 0 bridgehead atoms. The van der Waals surface area contributed by atoms with Gasteiger partial charge in [-0.2, -0.15) is 0 Å². The van der Waals surface area contributed by atoms with Crippen molar-refractivity contribution in [1.29, 1.82) is 0 Å². The highest BCUT2D eigenvalue weighted by atomic mass is 32.1. The van der Waals surface area contributed by atoms with Crippen LogP contribution in [0.1, 0.15) is 11.8 Å². The van der Waals surface area contributed by atoms with Crippen LogP contribution in [-0.4, -0.2) is 50.1 Å². The number of ether oxygens (including phenoxy) is 1. The Morgan fingerprint density at radius 3 is 2.63 bits per heavy atom. The summed E-state index contributed by atoms with van der Waals surface area (Å²) in [7, 11) is 3.39. The van der Waals surface area contributed by atoms with Crippen LogP contribution in [0.25, 0.3) is 0 Å². The van der Waals surface area contributed by atoms with Crippen LogP contribution in [0.5, 0.6) is 5.75 Å². The predicted octanol–water partition coefficient (Wildman–Crippen LogP) is 2.48. The zero-order valence-electron chi connectivity index (χ0n) is 15.7. The van der Waals surface area contributed by atoms with Gasteiger partial charge in [0.25, 0.3) is 0 Å². The molecule has 1 unspecified atom stereocenters. The van der Waals surface area contributed by atoms with Crippen LogP contribution in [0.15, 0.2) is 46.8 Å². The monoisotopic (exact) mass is 392 g/mol. The second-order valence-corrected chi connectivity index (χ2v) is 7.18. The molecular formula is C19H25FN4O2S. The van der Waals surface area contributed by atoms with Gasteiger partial charge in [0.15, 0.2) is 5.96 Å². The lowest BCUT2D eigenvalue weighted by atomic mass is 10.3. The first-order chi connectivity index (χ1) is 12.9. The lowest BCUT2D eigenvalue weighted by molar-refractivity contribution is -0.127. The van der Waals surface area contributed by atoms with Crippen molar-refractivity contribution in [1.82, 2.24) is 15.5 Å². The number of likely N-dealkylation sites (N-methyl/N-ethyl adjacent to an activating group) is 1. The molecule has 2 N–H and O–H groups in total. The molecule has 0 saturated carbocycles. The molecule has 27 heavy (non-hydrogen) atoms. The fourth-order valence-electron chi connectivity index (χ4n) is 2.07. The van der Waals surface area contributed by atoms with Crippen LogP contribution in [0.3, 0.4) is 0 Å². The van der Waals surface area contributed by atoms with Crippen LogP contribution in [-0.2, 0) is 11.3 Å². The van der Waals surface area contributed by atoms with Crippen molar-refractivity contribution in [2.75, 3.05) is 27.2 Å². The summed E-state index contributed by atoms with van der Waals surface area (Å²) in [5.74, 6) is 0.750. The number of thiophene rings is 1. The highest BCUT2D eigenvalue weighted by molar-refractivity contribution is 7.09. The molecule has 8 heteroatoms. The Labute approximate surface area is 163 Å². The van der Waals surface area contributed by atoms with E-state index in [1.807, 2.05) is 24.4 Å². The molecule has 0 spiro atoms. The zero-order valence-corrected chi connectivity index (χ0v) is 16.6. The Morgan fingerprint density at radius 1 is 1.26 bits per heavy atom. The van der Waals surface area contributed by atoms with Crippen LogP contribution in [0.4, 0.5) is 4.39 Å². The highest BCUT2D eigenvalue weighted by Crippen LogP contribution is 2.12. The minimum Gasteiger partial charge on any atom is -0.489 e. The SMILES string of the molecule is CC(CNC(=NCC(=O)N(C)C)NCc1cccs1)Oc1ccc(F)cc1. The Hall–Kier alpha value is -2.61. The van der Waals surface area contributed by atoms with Gasteiger partial charge in [0.05, 0.1) is 13.1 Å². The van der Waals surface area contributed by atoms with Gasteiger partial charge in [-0.1, -0.05) is 6.07 Å². The minimum absolute atomic E-state index is 0.0555. The van der Waals surface area contributed by atoms with Gasteiger partial charge in [-0.3, -0.25) is 4.79 Å². The lowest BCUT2D eigenvalue weighted by Crippen LogP contribution is -2.42. The molecule has 2 rings (SSSR count). The second kappa shape index (κ2) is 10.5. The van der Waals surface area contributed by atoms with Crippen molar-refractivity contribution in [3.63, 3.8) is 0 Å². The lowest BCUT2D eigenvalue weighted by Gasteiger charge is -2.18. The summed E-state index contributed by atoms with van der Waals surface area (Å²) < 4.78 is 18.7. The number of hydrogen-bond donors (Lipinski definition) is 2. The van der Waals surface area contributed by atoms with E-state index in [4.69, 9.17) is 4.74 Å². The molecular weight excluding hydrogens is 367 g/mol. The minimum atomic E-state index is -0.300. The molecule has 1 atom stereocenters. The molecule has 1 aromatic heterocycles. The number of hydrogen-bond acceptors (Lipinski definition) is 4. The first kappa shape index (κ1) is 20.7. The maximum absolute atomic E-state index is 13.0. The molecule has 1 amide bonds. The third kappa shape index (κ3) is 7.65. The number of rotatable bonds is 8. The van der Waals surface area contributed by atoms with Gasteiger partial charge in [0, 0.05) is 19.0 Å². The molecule has 2 aromatic rings. The number of benzene rings is 1. The Morgan fingerprint density at radius 2 is 2.00 bits per heavy atom. The number of halogens is 1. The summed E-state index contributed by atoms with van der Waals surface area (Å²) in [6, 6.07) is 9.91. The van der Waals surface area contributed by atoms with Gasteiger partial charge >= 0.3 is 0 Å². The Bertz CT molecular complexity index is 733. The Balaban J connectivity index is 1.89. The van der Waals surface area contributed by atoms with Crippen molar-refractivity contribution >= 4 is 23.2 Å². The smallest absolute Gasteiger partial charge is 0.243 e. The van der Waals surface area contributed by atoms with E-state index in [2.05, 4.69) is 15.6 Å². The van der Waals surface area contributed by atoms with Gasteiger partial charge in [-0.05, 0) is 42.6 Å². The van der Waals surface area contributed by atoms with Crippen molar-refractivity contribution in [3.05, 3.63) is 52.5 Å². The van der Waals surface area contributed by atoms with Crippen LogP contribution < -0.4 is 15.4 Å². The highest BCUT2D eigenvalue weighted by Gasteiger charge is 2.08. The summed E-state index contributed by atoms with van der Waals surface area (Å²) in [6.07, 6.45) is -0.172. The molecule has 0 aliphatic carbocycles. The van der Waals surface area contributed by atoms with E-state index < -0.39 is 0 Å². The average molecular weight is 393 g/mol. The Kier molecular flexibility index (Phi) is 8.06. The van der Waals surface area contributed by atoms with Crippen LogP contribution >= 0.6 is 11.3 Å². The molecule has 6 nitrogen and oxygen atoms in total. The van der Waals surface area contributed by atoms with Crippen molar-refractivity contribution < 1.29 is 13.9 Å². The summed E-state index contributed by atoms with van der Waals surface area (Å²) in [5.41, 5.74) is 0. The van der Waals surface area contributed by atoms with E-state index in [1.54, 1.807) is 37.6 Å². The molecule has 0 saturated heterocycles. The zero-order chi connectivity index (χ0) is 19.6. The largest absolute Gasteiger partial charge is 0.489 e. The topological polar surface area (TPSA) is 66.0 Å². The van der Waals surface area contributed by atoms with Crippen molar-refractivity contribution in [3.8, 4) is 5.75 Å². The quantitative estimate of drug-likeness (QED) is 0.535. The van der Waals surface area contributed by atoms with Crippen LogP contribution in [0, 0.1) is 5.82 Å². The summed E-state index contributed by atoms with van der Waals surface area (Å²) in [6.45, 7) is 3.05. The number of nitrogens with zero attached hydrogens (tertiary/aromatic N) is 2. The fourth-order valence-corrected chi connectivity index (χ4v) is 2.72. The number of carbonyl (C=O) groups is 1. The number of aliphatic imine (C=N–C) groups is 1. The second-order valence-electron chi connectivity index (χ2n) is 6.15. The third-order valence-corrected chi connectivity index (χ3v) is 4.47. The van der Waals surface area contributed by atoms with Gasteiger partial charge < -0.3 is 20.3 Å². The number of amides is 1. The maximum atomic E-state index is 13.0. The summed E-state index contributed by atoms with van der Waals surface area (Å²) in [5, 5.41) is 8.41. The number of nitrogens with one attached hydrogen (secondary N) is 2. The molecule has 0 aliphatic rings. The molecule has 0 aliphatic heterocycles. The van der Waals surface area contributed by atoms with Crippen molar-refractivity contribution in [2.45, 2.75) is 19.6 Å². The van der Waals surface area contributed by atoms with Gasteiger partial charge in [0.2, 0.25) is 5.91 Å². The number of carbonyl (C=O) groups excluding carboxylic acids is 1. The summed E-state index contributed by atoms with van der Waals surface area (Å²) in [4.78, 5) is 18.8. The predicted molar refractivity (Wildman–Crippen MR) is 107 cm³/mol. The number of guanidine groups is 1. The standard InChI is InChI=1S/C19H25FN4O2S/c1-14(26-16-8-6-15(20)7-9-16)11-21-19(23-13-18(25)24(2)3)22-12-17-5-4-10-27-17/h4-10,14H,11-13H2,1-3H3,(H2,21,22,23). The van der Waals surface area contributed by atoms with E-state index in [0.29, 0.717) is 24.8 Å².